The highest BCUT2D eigenvalue weighted by Crippen LogP contribution is 2.45. The summed E-state index contributed by atoms with van der Waals surface area (Å²) in [4.78, 5) is 39.3. The van der Waals surface area contributed by atoms with Crippen molar-refractivity contribution in [2.24, 2.45) is 23.5 Å². The maximum Gasteiger partial charge on any atom is 0.243 e. The van der Waals surface area contributed by atoms with E-state index in [0.29, 0.717) is 37.6 Å². The summed E-state index contributed by atoms with van der Waals surface area (Å²) in [5.41, 5.74) is 4.64. The molecule has 0 aromatic carbocycles. The third-order valence-electron chi connectivity index (χ3n) is 6.20. The molecule has 26 heavy (non-hydrogen) atoms. The Morgan fingerprint density at radius 1 is 1.27 bits per heavy atom. The minimum Gasteiger partial charge on any atom is -0.368 e. The molecule has 1 saturated heterocycles. The van der Waals surface area contributed by atoms with Gasteiger partial charge < -0.3 is 16.0 Å². The molecule has 2 fully saturated rings. The smallest absolute Gasteiger partial charge is 0.243 e. The van der Waals surface area contributed by atoms with E-state index >= 15 is 0 Å². The molecule has 6 heteroatoms. The van der Waals surface area contributed by atoms with Gasteiger partial charge in [-0.05, 0) is 50.4 Å². The summed E-state index contributed by atoms with van der Waals surface area (Å²) in [5.74, 6) is 0.150. The van der Waals surface area contributed by atoms with Gasteiger partial charge in [-0.25, -0.2) is 0 Å². The van der Waals surface area contributed by atoms with Gasteiger partial charge in [-0.3, -0.25) is 14.4 Å². The number of nitrogens with one attached hydrogen (secondary N) is 1. The molecular weight excluding hydrogens is 330 g/mol. The highest BCUT2D eigenvalue weighted by molar-refractivity contribution is 5.96. The van der Waals surface area contributed by atoms with Crippen molar-refractivity contribution in [2.45, 2.75) is 70.4 Å². The molecule has 0 spiro atoms. The highest BCUT2D eigenvalue weighted by Gasteiger charge is 2.59. The Balaban J connectivity index is 1.81. The van der Waals surface area contributed by atoms with Crippen LogP contribution in [0, 0.1) is 17.8 Å². The van der Waals surface area contributed by atoms with Crippen molar-refractivity contribution >= 4 is 17.7 Å². The Morgan fingerprint density at radius 2 is 2.04 bits per heavy atom. The predicted octanol–water partition coefficient (Wildman–Crippen LogP) is 1.74. The van der Waals surface area contributed by atoms with E-state index in [1.165, 1.54) is 0 Å². The van der Waals surface area contributed by atoms with E-state index < -0.39 is 17.5 Å². The molecule has 144 valence electrons. The van der Waals surface area contributed by atoms with Gasteiger partial charge in [0.15, 0.2) is 0 Å². The fourth-order valence-electron chi connectivity index (χ4n) is 4.59. The minimum absolute atomic E-state index is 0.0335. The lowest BCUT2D eigenvalue weighted by Gasteiger charge is -2.27. The zero-order valence-corrected chi connectivity index (χ0v) is 15.9. The van der Waals surface area contributed by atoms with E-state index in [9.17, 15) is 14.4 Å². The Kier molecular flexibility index (Phi) is 5.39. The van der Waals surface area contributed by atoms with Crippen LogP contribution >= 0.6 is 0 Å². The van der Waals surface area contributed by atoms with Crippen LogP contribution in [0.5, 0.6) is 0 Å². The van der Waals surface area contributed by atoms with Gasteiger partial charge in [0.25, 0.3) is 0 Å². The van der Waals surface area contributed by atoms with Gasteiger partial charge in [0.05, 0.1) is 0 Å². The van der Waals surface area contributed by atoms with Crippen molar-refractivity contribution in [1.29, 1.82) is 0 Å². The first-order valence-corrected chi connectivity index (χ1v) is 9.91. The summed E-state index contributed by atoms with van der Waals surface area (Å²) < 4.78 is 0. The average Bonchev–Trinajstić information content (AvgIpc) is 3.04. The van der Waals surface area contributed by atoms with Crippen LogP contribution in [-0.4, -0.2) is 40.7 Å². The maximum absolute atomic E-state index is 12.8. The van der Waals surface area contributed by atoms with Gasteiger partial charge in [-0.15, -0.1) is 0 Å². The Labute approximate surface area is 155 Å². The van der Waals surface area contributed by atoms with Gasteiger partial charge in [-0.1, -0.05) is 26.0 Å². The van der Waals surface area contributed by atoms with Crippen molar-refractivity contribution in [1.82, 2.24) is 10.2 Å². The molecule has 0 bridgehead atoms. The van der Waals surface area contributed by atoms with Crippen LogP contribution in [0.25, 0.3) is 0 Å². The molecule has 3 amide bonds. The zero-order valence-electron chi connectivity index (χ0n) is 15.9. The van der Waals surface area contributed by atoms with E-state index in [4.69, 9.17) is 5.73 Å². The third-order valence-corrected chi connectivity index (χ3v) is 6.20. The summed E-state index contributed by atoms with van der Waals surface area (Å²) in [5, 5.41) is 2.89. The summed E-state index contributed by atoms with van der Waals surface area (Å²) in [7, 11) is 0. The first kappa shape index (κ1) is 18.9. The monoisotopic (exact) mass is 361 g/mol. The molecule has 6 nitrogen and oxygen atoms in total. The number of fused-ring (bicyclic) bond motifs is 2. The lowest BCUT2D eigenvalue weighted by Crippen LogP contribution is -2.54. The van der Waals surface area contributed by atoms with Crippen LogP contribution in [0.3, 0.4) is 0 Å². The van der Waals surface area contributed by atoms with E-state index in [1.54, 1.807) is 4.90 Å². The zero-order chi connectivity index (χ0) is 18.9. The van der Waals surface area contributed by atoms with Gasteiger partial charge in [0, 0.05) is 18.9 Å². The standard InChI is InChI=1S/C20H31N3O3/c1-13-6-3-4-7-15-12-20(15,19(21)26)22-18(25)16-8-5-9-23(16)17(24)11-14(2)10-13/h4,7,13-16H,3,5-6,8-12H2,1-2H3,(H2,21,26)(H,22,25)/b7-4-/t13-,14-,15-,16+,20-/m1/s1. The van der Waals surface area contributed by atoms with Gasteiger partial charge in [0.2, 0.25) is 17.7 Å². The highest BCUT2D eigenvalue weighted by atomic mass is 16.2. The molecular formula is C20H31N3O3. The molecule has 0 radical (unpaired) electrons. The van der Waals surface area contributed by atoms with Crippen LogP contribution in [0.15, 0.2) is 12.2 Å². The normalized spacial score (nSPS) is 39.8. The number of nitrogens with two attached hydrogens (primary N) is 1. The molecule has 5 atom stereocenters. The van der Waals surface area contributed by atoms with Crippen molar-refractivity contribution in [3.05, 3.63) is 12.2 Å². The number of primary amides is 1. The number of hydrogen-bond donors (Lipinski definition) is 2. The molecule has 0 aromatic heterocycles. The maximum atomic E-state index is 12.8. The summed E-state index contributed by atoms with van der Waals surface area (Å²) in [6.45, 7) is 4.96. The molecule has 3 rings (SSSR count). The second-order valence-corrected chi connectivity index (χ2v) is 8.54. The van der Waals surface area contributed by atoms with E-state index in [0.717, 1.165) is 25.7 Å². The van der Waals surface area contributed by atoms with Gasteiger partial charge >= 0.3 is 0 Å². The Morgan fingerprint density at radius 3 is 2.77 bits per heavy atom. The molecule has 0 unspecified atom stereocenters. The van der Waals surface area contributed by atoms with Crippen molar-refractivity contribution in [3.63, 3.8) is 0 Å². The number of carbonyl (C=O) groups excluding carboxylic acids is 3. The van der Waals surface area contributed by atoms with Crippen molar-refractivity contribution in [2.75, 3.05) is 6.54 Å². The Hall–Kier alpha value is -1.85. The predicted molar refractivity (Wildman–Crippen MR) is 98.8 cm³/mol. The second kappa shape index (κ2) is 7.41. The van der Waals surface area contributed by atoms with E-state index in [1.807, 2.05) is 6.08 Å². The summed E-state index contributed by atoms with van der Waals surface area (Å²) in [6.07, 6.45) is 9.65. The molecule has 3 aliphatic rings. The summed E-state index contributed by atoms with van der Waals surface area (Å²) >= 11 is 0. The molecule has 0 aromatic rings. The molecule has 2 heterocycles. The number of hydrogen-bond acceptors (Lipinski definition) is 3. The van der Waals surface area contributed by atoms with Crippen molar-refractivity contribution in [3.8, 4) is 0 Å². The SMILES string of the molecule is C[C@@H]1CC/C=C\[C@@H]2C[C@@]2(C(N)=O)NC(=O)[C@@H]2CCCN2C(=O)C[C@H](C)C1. The van der Waals surface area contributed by atoms with Gasteiger partial charge in [0.1, 0.15) is 11.6 Å². The summed E-state index contributed by atoms with van der Waals surface area (Å²) in [6, 6.07) is -0.473. The first-order chi connectivity index (χ1) is 12.3. The topological polar surface area (TPSA) is 92.5 Å². The number of rotatable bonds is 1. The second-order valence-electron chi connectivity index (χ2n) is 8.54. The van der Waals surface area contributed by atoms with Crippen LogP contribution in [0.4, 0.5) is 0 Å². The first-order valence-electron chi connectivity index (χ1n) is 9.91. The van der Waals surface area contributed by atoms with Crippen LogP contribution in [0.1, 0.15) is 58.8 Å². The lowest BCUT2D eigenvalue weighted by atomic mass is 9.91. The van der Waals surface area contributed by atoms with Crippen molar-refractivity contribution < 1.29 is 14.4 Å². The fourth-order valence-corrected chi connectivity index (χ4v) is 4.59. The number of amides is 3. The Bertz CT molecular complexity index is 617. The lowest BCUT2D eigenvalue weighted by molar-refractivity contribution is -0.140. The van der Waals surface area contributed by atoms with Crippen LogP contribution < -0.4 is 11.1 Å². The van der Waals surface area contributed by atoms with Gasteiger partial charge in [-0.2, -0.15) is 0 Å². The molecule has 3 N–H and O–H groups in total. The molecule has 2 aliphatic heterocycles. The largest absolute Gasteiger partial charge is 0.368 e. The van der Waals surface area contributed by atoms with Crippen LogP contribution in [0.2, 0.25) is 0 Å². The number of nitrogens with zero attached hydrogens (tertiary/aromatic N) is 1. The molecule has 1 aliphatic carbocycles. The quantitative estimate of drug-likeness (QED) is 0.697. The number of allylic oxidation sites excluding steroid dienone is 1. The van der Waals surface area contributed by atoms with Crippen LogP contribution in [-0.2, 0) is 14.4 Å². The van der Waals surface area contributed by atoms with E-state index in [-0.39, 0.29) is 17.7 Å². The fraction of sp³-hybridized carbons (Fsp3) is 0.750. The average molecular weight is 361 g/mol. The minimum atomic E-state index is -0.968. The number of carbonyl (C=O) groups is 3. The molecule has 1 saturated carbocycles. The third kappa shape index (κ3) is 3.79. The van der Waals surface area contributed by atoms with E-state index in [2.05, 4.69) is 25.2 Å².